The van der Waals surface area contributed by atoms with E-state index in [2.05, 4.69) is 141 Å². The molecular weight excluding hydrogens is 995 g/mol. The van der Waals surface area contributed by atoms with Crippen LogP contribution in [0.25, 0.3) is 0 Å². The first-order chi connectivity index (χ1) is 39.3. The quantitative estimate of drug-likeness (QED) is 0.0261. The van der Waals surface area contributed by atoms with E-state index >= 15 is 0 Å². The van der Waals surface area contributed by atoms with Crippen molar-refractivity contribution in [2.24, 2.45) is 0 Å². The van der Waals surface area contributed by atoms with E-state index in [1.54, 1.807) is 6.08 Å². The molecule has 1 heterocycles. The van der Waals surface area contributed by atoms with Gasteiger partial charge in [0.1, 0.15) is 24.4 Å². The predicted molar refractivity (Wildman–Crippen MR) is 340 cm³/mol. The lowest BCUT2D eigenvalue weighted by atomic mass is 9.99. The van der Waals surface area contributed by atoms with Gasteiger partial charge in [-0.3, -0.25) is 4.79 Å². The van der Waals surface area contributed by atoms with Gasteiger partial charge in [0.2, 0.25) is 5.91 Å². The number of carbonyl (C=O) groups excluding carboxylic acids is 1. The summed E-state index contributed by atoms with van der Waals surface area (Å²) in [5, 5.41) is 54.6. The largest absolute Gasteiger partial charge is 0.394 e. The number of hydrogen-bond donors (Lipinski definition) is 6. The Kier molecular flexibility index (Phi) is 54.4. The highest BCUT2D eigenvalue weighted by Gasteiger charge is 2.44. The van der Waals surface area contributed by atoms with E-state index < -0.39 is 49.5 Å². The minimum absolute atomic E-state index is 0.233. The van der Waals surface area contributed by atoms with Gasteiger partial charge in [0.25, 0.3) is 0 Å². The maximum absolute atomic E-state index is 13.1. The zero-order valence-electron chi connectivity index (χ0n) is 50.8. The molecule has 0 aromatic rings. The third-order valence-electron chi connectivity index (χ3n) is 14.5. The number of aliphatic hydroxyl groups excluding tert-OH is 5. The Morgan fingerprint density at radius 2 is 0.787 bits per heavy atom. The molecule has 1 saturated heterocycles. The summed E-state index contributed by atoms with van der Waals surface area (Å²) in [6.07, 6.45) is 82.6. The molecule has 9 heteroatoms. The van der Waals surface area contributed by atoms with Crippen LogP contribution >= 0.6 is 0 Å². The Hall–Kier alpha value is -3.67. The highest BCUT2D eigenvalue weighted by molar-refractivity contribution is 5.76. The Morgan fingerprint density at radius 1 is 0.438 bits per heavy atom. The van der Waals surface area contributed by atoms with E-state index in [1.165, 1.54) is 141 Å². The fourth-order valence-electron chi connectivity index (χ4n) is 9.41. The average Bonchev–Trinajstić information content (AvgIpc) is 3.46. The summed E-state index contributed by atoms with van der Waals surface area (Å²) in [5.41, 5.74) is 0. The first kappa shape index (κ1) is 74.3. The van der Waals surface area contributed by atoms with Gasteiger partial charge >= 0.3 is 0 Å². The average molecular weight is 1110 g/mol. The second kappa shape index (κ2) is 58.5. The molecule has 0 radical (unpaired) electrons. The van der Waals surface area contributed by atoms with Gasteiger partial charge in [-0.2, -0.15) is 0 Å². The number of ether oxygens (including phenoxy) is 2. The summed E-state index contributed by atoms with van der Waals surface area (Å²) < 4.78 is 11.3. The van der Waals surface area contributed by atoms with Gasteiger partial charge in [0.15, 0.2) is 6.29 Å². The fraction of sp³-hybridized carbons (Fsp3) is 0.676. The highest BCUT2D eigenvalue weighted by atomic mass is 16.7. The molecule has 1 amide bonds. The molecule has 1 fully saturated rings. The first-order valence-corrected chi connectivity index (χ1v) is 32.4. The number of amides is 1. The van der Waals surface area contributed by atoms with Gasteiger partial charge in [-0.15, -0.1) is 0 Å². The minimum Gasteiger partial charge on any atom is -0.394 e. The van der Waals surface area contributed by atoms with Crippen LogP contribution in [0.2, 0.25) is 0 Å². The summed E-state index contributed by atoms with van der Waals surface area (Å²) in [5.74, 6) is -0.248. The van der Waals surface area contributed by atoms with E-state index in [0.29, 0.717) is 6.42 Å². The van der Waals surface area contributed by atoms with Crippen molar-refractivity contribution < 1.29 is 39.8 Å². The van der Waals surface area contributed by atoms with Crippen molar-refractivity contribution in [1.82, 2.24) is 5.32 Å². The van der Waals surface area contributed by atoms with Crippen LogP contribution in [0.1, 0.15) is 251 Å². The van der Waals surface area contributed by atoms with Crippen LogP contribution in [-0.2, 0) is 14.3 Å². The number of hydrogen-bond acceptors (Lipinski definition) is 8. The molecule has 7 unspecified atom stereocenters. The molecule has 0 aliphatic carbocycles. The molecule has 456 valence electrons. The monoisotopic (exact) mass is 1110 g/mol. The summed E-state index contributed by atoms with van der Waals surface area (Å²) in [4.78, 5) is 13.1. The van der Waals surface area contributed by atoms with Crippen LogP contribution < -0.4 is 5.32 Å². The smallest absolute Gasteiger partial charge is 0.220 e. The van der Waals surface area contributed by atoms with Gasteiger partial charge in [0, 0.05) is 6.42 Å². The van der Waals surface area contributed by atoms with Crippen LogP contribution in [0.3, 0.4) is 0 Å². The van der Waals surface area contributed by atoms with Crippen molar-refractivity contribution in [3.05, 3.63) is 134 Å². The molecule has 0 aromatic heterocycles. The van der Waals surface area contributed by atoms with E-state index in [0.717, 1.165) is 83.5 Å². The Morgan fingerprint density at radius 3 is 1.20 bits per heavy atom. The van der Waals surface area contributed by atoms with Crippen LogP contribution in [0, 0.1) is 0 Å². The number of unbranched alkanes of at least 4 members (excludes halogenated alkanes) is 24. The van der Waals surface area contributed by atoms with Crippen molar-refractivity contribution in [2.75, 3.05) is 13.2 Å². The molecular formula is C71H119NO8. The summed E-state index contributed by atoms with van der Waals surface area (Å²) in [6, 6.07) is -0.865. The zero-order chi connectivity index (χ0) is 57.9. The predicted octanol–water partition coefficient (Wildman–Crippen LogP) is 17.2. The molecule has 0 bridgehead atoms. The molecule has 1 aliphatic rings. The summed E-state index contributed by atoms with van der Waals surface area (Å²) >= 11 is 0. The third-order valence-corrected chi connectivity index (χ3v) is 14.5. The molecule has 0 saturated carbocycles. The van der Waals surface area contributed by atoms with Gasteiger partial charge < -0.3 is 40.3 Å². The standard InChI is InChI=1S/C71H119NO8/c1-3-5-7-9-11-13-15-17-19-21-23-25-27-29-31-33-35-37-39-41-43-45-47-49-51-53-55-57-59-61-67(75)72-64(63-79-71-70(78)69(77)68(76)66(62-73)80-71)65(74)60-58-56-54-52-50-48-46-44-42-40-38-36-34-32-30-28-26-24-22-20-18-16-14-12-10-8-6-4-2/h5,7,11,13,17,19,23,25,29,31,35,37,41,43,47,49-50,52-53,55,58,60,64-66,68-71,73-74,76-78H,3-4,6,8-10,12,14-16,18,20-22,24,26-28,30,32-34,36,38-40,42,44-46,48,51,54,56-57,59,61-63H2,1-2H3,(H,72,75)/b7-5-,13-11-,19-17-,25-23-,31-29-,37-35-,43-41-,49-47-,52-50+,55-53-,60-58+. The van der Waals surface area contributed by atoms with Gasteiger partial charge in [-0.25, -0.2) is 0 Å². The zero-order valence-corrected chi connectivity index (χ0v) is 50.8. The maximum Gasteiger partial charge on any atom is 0.220 e. The second-order valence-electron chi connectivity index (χ2n) is 21.8. The van der Waals surface area contributed by atoms with E-state index in [-0.39, 0.29) is 18.9 Å². The molecule has 6 N–H and O–H groups in total. The maximum atomic E-state index is 13.1. The Balaban J connectivity index is 2.27. The van der Waals surface area contributed by atoms with Crippen molar-refractivity contribution in [3.8, 4) is 0 Å². The summed E-state index contributed by atoms with van der Waals surface area (Å²) in [6.45, 7) is 3.63. The van der Waals surface area contributed by atoms with Crippen molar-refractivity contribution in [3.63, 3.8) is 0 Å². The van der Waals surface area contributed by atoms with Crippen molar-refractivity contribution >= 4 is 5.91 Å². The van der Waals surface area contributed by atoms with Crippen LogP contribution in [-0.4, -0.2) is 87.5 Å². The number of carbonyl (C=O) groups is 1. The fourth-order valence-corrected chi connectivity index (χ4v) is 9.41. The molecule has 7 atom stereocenters. The van der Waals surface area contributed by atoms with Crippen molar-refractivity contribution in [1.29, 1.82) is 0 Å². The van der Waals surface area contributed by atoms with Crippen LogP contribution in [0.4, 0.5) is 0 Å². The topological polar surface area (TPSA) is 149 Å². The molecule has 0 aromatic carbocycles. The second-order valence-corrected chi connectivity index (χ2v) is 21.8. The first-order valence-electron chi connectivity index (χ1n) is 32.4. The van der Waals surface area contributed by atoms with Gasteiger partial charge in [-0.1, -0.05) is 282 Å². The normalized spacial score (nSPS) is 19.4. The SMILES string of the molecule is CC/C=C\C/C=C\C/C=C\C/C=C\C/C=C\C/C=C\C/C=C\C/C=C\C/C=C\CCCC(=O)NC(COC1OC(CO)C(O)C(O)C1O)C(O)/C=C/CC/C=C/CCCCCCCCCCCCCCCCCCCCCCCC. The number of allylic oxidation sites excluding steroid dienone is 21. The number of rotatable bonds is 54. The molecule has 9 nitrogen and oxygen atoms in total. The Bertz CT molecular complexity index is 1720. The van der Waals surface area contributed by atoms with Crippen molar-refractivity contribution in [2.45, 2.75) is 294 Å². The molecule has 1 rings (SSSR count). The lowest BCUT2D eigenvalue weighted by Crippen LogP contribution is -2.60. The third kappa shape index (κ3) is 46.9. The van der Waals surface area contributed by atoms with Gasteiger partial charge in [0.05, 0.1) is 25.4 Å². The molecule has 80 heavy (non-hydrogen) atoms. The van der Waals surface area contributed by atoms with Gasteiger partial charge in [-0.05, 0) is 96.3 Å². The van der Waals surface area contributed by atoms with E-state index in [4.69, 9.17) is 9.47 Å². The molecule has 1 aliphatic heterocycles. The van der Waals surface area contributed by atoms with Crippen LogP contribution in [0.15, 0.2) is 134 Å². The van der Waals surface area contributed by atoms with Crippen LogP contribution in [0.5, 0.6) is 0 Å². The lowest BCUT2D eigenvalue weighted by molar-refractivity contribution is -0.302. The van der Waals surface area contributed by atoms with E-state index in [9.17, 15) is 30.3 Å². The minimum atomic E-state index is -1.59. The number of aliphatic hydroxyl groups is 5. The van der Waals surface area contributed by atoms with E-state index in [1.807, 2.05) is 6.08 Å². The summed E-state index contributed by atoms with van der Waals surface area (Å²) in [7, 11) is 0. The highest BCUT2D eigenvalue weighted by Crippen LogP contribution is 2.23. The number of nitrogens with one attached hydrogen (secondary N) is 1. The Labute approximate surface area is 490 Å². The lowest BCUT2D eigenvalue weighted by Gasteiger charge is -2.40. The molecule has 0 spiro atoms.